The van der Waals surface area contributed by atoms with Gasteiger partial charge in [0.15, 0.2) is 0 Å². The van der Waals surface area contributed by atoms with Crippen LogP contribution in [0.4, 0.5) is 5.95 Å². The van der Waals surface area contributed by atoms with Crippen molar-refractivity contribution in [2.45, 2.75) is 39.7 Å². The Bertz CT molecular complexity index is 381. The highest BCUT2D eigenvalue weighted by molar-refractivity contribution is 5.32. The number of aliphatic hydroxyl groups excluding tert-OH is 1. The van der Waals surface area contributed by atoms with Gasteiger partial charge in [-0.1, -0.05) is 6.92 Å². The van der Waals surface area contributed by atoms with Gasteiger partial charge in [0.05, 0.1) is 12.3 Å². The maximum absolute atomic E-state index is 9.17. The standard InChI is InChI=1S/C13H21N3O/c1-10-4-3-6-16(7-5-10)13-14-11(2)8-12(9-17)15-13/h8,10,17H,3-7,9H2,1-2H3. The van der Waals surface area contributed by atoms with Crippen molar-refractivity contribution in [3.63, 3.8) is 0 Å². The minimum absolute atomic E-state index is 0.0133. The molecule has 2 rings (SSSR count). The summed E-state index contributed by atoms with van der Waals surface area (Å²) >= 11 is 0. The Balaban J connectivity index is 2.17. The van der Waals surface area contributed by atoms with Crippen molar-refractivity contribution in [1.29, 1.82) is 0 Å². The van der Waals surface area contributed by atoms with Crippen molar-refractivity contribution in [2.75, 3.05) is 18.0 Å². The summed E-state index contributed by atoms with van der Waals surface area (Å²) in [5.41, 5.74) is 1.64. The molecule has 1 aromatic heterocycles. The molecule has 0 aromatic carbocycles. The average Bonchev–Trinajstić information content (AvgIpc) is 2.53. The molecule has 1 fully saturated rings. The third kappa shape index (κ3) is 3.16. The van der Waals surface area contributed by atoms with Gasteiger partial charge in [-0.05, 0) is 38.2 Å². The van der Waals surface area contributed by atoms with E-state index in [4.69, 9.17) is 0 Å². The van der Waals surface area contributed by atoms with Crippen LogP contribution in [0.25, 0.3) is 0 Å². The predicted octanol–water partition coefficient (Wildman–Crippen LogP) is 1.90. The largest absolute Gasteiger partial charge is 0.390 e. The molecule has 0 amide bonds. The molecule has 0 bridgehead atoms. The van der Waals surface area contributed by atoms with Crippen LogP contribution in [0.15, 0.2) is 6.07 Å². The van der Waals surface area contributed by atoms with E-state index >= 15 is 0 Å². The summed E-state index contributed by atoms with van der Waals surface area (Å²) < 4.78 is 0. The molecule has 1 aliphatic rings. The van der Waals surface area contributed by atoms with Gasteiger partial charge >= 0.3 is 0 Å². The number of anilines is 1. The van der Waals surface area contributed by atoms with Crippen molar-refractivity contribution in [3.05, 3.63) is 17.5 Å². The lowest BCUT2D eigenvalue weighted by molar-refractivity contribution is 0.276. The number of aromatic nitrogens is 2. The first-order valence-electron chi connectivity index (χ1n) is 6.39. The molecule has 4 heteroatoms. The molecule has 0 aliphatic carbocycles. The summed E-state index contributed by atoms with van der Waals surface area (Å²) in [6.07, 6.45) is 3.69. The monoisotopic (exact) mass is 235 g/mol. The van der Waals surface area contributed by atoms with E-state index in [2.05, 4.69) is 21.8 Å². The lowest BCUT2D eigenvalue weighted by Gasteiger charge is -2.21. The summed E-state index contributed by atoms with van der Waals surface area (Å²) in [4.78, 5) is 11.1. The number of nitrogens with zero attached hydrogens (tertiary/aromatic N) is 3. The fourth-order valence-corrected chi connectivity index (χ4v) is 2.30. The third-order valence-corrected chi connectivity index (χ3v) is 3.36. The van der Waals surface area contributed by atoms with Gasteiger partial charge in [-0.3, -0.25) is 0 Å². The van der Waals surface area contributed by atoms with Crippen LogP contribution >= 0.6 is 0 Å². The summed E-state index contributed by atoms with van der Waals surface area (Å²) in [5, 5.41) is 9.17. The lowest BCUT2D eigenvalue weighted by atomic mass is 10.0. The molecular weight excluding hydrogens is 214 g/mol. The molecule has 0 saturated carbocycles. The normalized spacial score (nSPS) is 21.4. The second-order valence-electron chi connectivity index (χ2n) is 4.98. The summed E-state index contributed by atoms with van der Waals surface area (Å²) in [6, 6.07) is 1.84. The van der Waals surface area contributed by atoms with Crippen LogP contribution in [0.5, 0.6) is 0 Å². The fraction of sp³-hybridized carbons (Fsp3) is 0.692. The first-order valence-corrected chi connectivity index (χ1v) is 6.39. The molecule has 1 aromatic rings. The SMILES string of the molecule is Cc1cc(CO)nc(N2CCCC(C)CC2)n1. The molecule has 0 radical (unpaired) electrons. The minimum Gasteiger partial charge on any atom is -0.390 e. The van der Waals surface area contributed by atoms with E-state index in [1.54, 1.807) is 0 Å². The van der Waals surface area contributed by atoms with Crippen molar-refractivity contribution in [1.82, 2.24) is 9.97 Å². The topological polar surface area (TPSA) is 49.3 Å². The van der Waals surface area contributed by atoms with Crippen LogP contribution in [0.1, 0.15) is 37.6 Å². The highest BCUT2D eigenvalue weighted by Crippen LogP contribution is 2.20. The predicted molar refractivity (Wildman–Crippen MR) is 67.9 cm³/mol. The van der Waals surface area contributed by atoms with Crippen LogP contribution in [0.3, 0.4) is 0 Å². The Kier molecular flexibility index (Phi) is 3.94. The average molecular weight is 235 g/mol. The number of aliphatic hydroxyl groups is 1. The first kappa shape index (κ1) is 12.3. The zero-order valence-corrected chi connectivity index (χ0v) is 10.7. The lowest BCUT2D eigenvalue weighted by Crippen LogP contribution is -2.26. The summed E-state index contributed by atoms with van der Waals surface area (Å²) in [5.74, 6) is 1.57. The molecular formula is C13H21N3O. The van der Waals surface area contributed by atoms with Gasteiger partial charge in [0.2, 0.25) is 5.95 Å². The van der Waals surface area contributed by atoms with Crippen LogP contribution in [-0.2, 0) is 6.61 Å². The molecule has 1 unspecified atom stereocenters. The van der Waals surface area contributed by atoms with Gasteiger partial charge in [0, 0.05) is 18.8 Å². The Morgan fingerprint density at radius 3 is 2.94 bits per heavy atom. The van der Waals surface area contributed by atoms with E-state index in [-0.39, 0.29) is 6.61 Å². The van der Waals surface area contributed by atoms with E-state index in [0.29, 0.717) is 5.69 Å². The Hall–Kier alpha value is -1.16. The van der Waals surface area contributed by atoms with Gasteiger partial charge in [0.25, 0.3) is 0 Å². The Morgan fingerprint density at radius 1 is 1.35 bits per heavy atom. The van der Waals surface area contributed by atoms with Crippen LogP contribution in [0.2, 0.25) is 0 Å². The van der Waals surface area contributed by atoms with Crippen LogP contribution in [-0.4, -0.2) is 28.2 Å². The maximum Gasteiger partial charge on any atom is 0.225 e. The van der Waals surface area contributed by atoms with Crippen molar-refractivity contribution >= 4 is 5.95 Å². The molecule has 4 nitrogen and oxygen atoms in total. The summed E-state index contributed by atoms with van der Waals surface area (Å²) in [7, 11) is 0. The van der Waals surface area contributed by atoms with Gasteiger partial charge in [-0.25, -0.2) is 9.97 Å². The molecule has 94 valence electrons. The molecule has 1 saturated heterocycles. The number of aryl methyl sites for hydroxylation is 1. The van der Waals surface area contributed by atoms with Crippen LogP contribution < -0.4 is 4.90 Å². The molecule has 0 spiro atoms. The van der Waals surface area contributed by atoms with Gasteiger partial charge in [-0.2, -0.15) is 0 Å². The highest BCUT2D eigenvalue weighted by Gasteiger charge is 2.16. The van der Waals surface area contributed by atoms with E-state index < -0.39 is 0 Å². The number of hydrogen-bond donors (Lipinski definition) is 1. The highest BCUT2D eigenvalue weighted by atomic mass is 16.3. The quantitative estimate of drug-likeness (QED) is 0.850. The molecule has 2 heterocycles. The number of hydrogen-bond acceptors (Lipinski definition) is 4. The number of rotatable bonds is 2. The maximum atomic E-state index is 9.17. The molecule has 1 atom stereocenters. The Morgan fingerprint density at radius 2 is 2.18 bits per heavy atom. The van der Waals surface area contributed by atoms with Crippen molar-refractivity contribution in [3.8, 4) is 0 Å². The van der Waals surface area contributed by atoms with Gasteiger partial charge in [0.1, 0.15) is 0 Å². The van der Waals surface area contributed by atoms with Gasteiger partial charge < -0.3 is 10.0 Å². The molecule has 1 N–H and O–H groups in total. The molecule has 17 heavy (non-hydrogen) atoms. The van der Waals surface area contributed by atoms with E-state index in [0.717, 1.165) is 30.6 Å². The fourth-order valence-electron chi connectivity index (χ4n) is 2.30. The smallest absolute Gasteiger partial charge is 0.225 e. The minimum atomic E-state index is -0.0133. The van der Waals surface area contributed by atoms with E-state index in [1.165, 1.54) is 19.3 Å². The van der Waals surface area contributed by atoms with Crippen molar-refractivity contribution in [2.24, 2.45) is 5.92 Å². The van der Waals surface area contributed by atoms with Gasteiger partial charge in [-0.15, -0.1) is 0 Å². The molecule has 1 aliphatic heterocycles. The van der Waals surface area contributed by atoms with E-state index in [1.807, 2.05) is 13.0 Å². The van der Waals surface area contributed by atoms with Crippen molar-refractivity contribution < 1.29 is 5.11 Å². The summed E-state index contributed by atoms with van der Waals surface area (Å²) in [6.45, 7) is 6.29. The zero-order valence-electron chi connectivity index (χ0n) is 10.7. The third-order valence-electron chi connectivity index (χ3n) is 3.36. The first-order chi connectivity index (χ1) is 8.19. The Labute approximate surface area is 103 Å². The second-order valence-corrected chi connectivity index (χ2v) is 4.98. The second kappa shape index (κ2) is 5.45. The van der Waals surface area contributed by atoms with E-state index in [9.17, 15) is 5.11 Å². The zero-order chi connectivity index (χ0) is 12.3. The van der Waals surface area contributed by atoms with Crippen LogP contribution in [0, 0.1) is 12.8 Å².